The van der Waals surface area contributed by atoms with Crippen LogP contribution in [0.25, 0.3) is 0 Å². The maximum absolute atomic E-state index is 12.7. The lowest BCUT2D eigenvalue weighted by Crippen LogP contribution is -2.57. The van der Waals surface area contributed by atoms with Crippen LogP contribution in [0.2, 0.25) is 0 Å². The first kappa shape index (κ1) is 19.8. The number of ether oxygens (including phenoxy) is 3. The van der Waals surface area contributed by atoms with Gasteiger partial charge in [0.25, 0.3) is 5.91 Å². The van der Waals surface area contributed by atoms with Crippen LogP contribution in [0, 0.1) is 0 Å². The number of halogens is 3. The van der Waals surface area contributed by atoms with Crippen molar-refractivity contribution in [1.29, 1.82) is 0 Å². The van der Waals surface area contributed by atoms with Crippen molar-refractivity contribution in [3.05, 3.63) is 48.2 Å². The average molecular weight is 396 g/mol. The maximum atomic E-state index is 12.7. The number of benzene rings is 1. The fourth-order valence-electron chi connectivity index (χ4n) is 2.56. The smallest absolute Gasteiger partial charge is 0.433 e. The minimum Gasteiger partial charge on any atom is -0.494 e. The molecular formula is C19H19F3N2O4. The van der Waals surface area contributed by atoms with Gasteiger partial charge in [-0.05, 0) is 37.3 Å². The summed E-state index contributed by atoms with van der Waals surface area (Å²) in [7, 11) is 0. The maximum Gasteiger partial charge on any atom is 0.433 e. The molecule has 0 radical (unpaired) electrons. The number of carbonyl (C=O) groups is 1. The number of pyridine rings is 1. The zero-order chi connectivity index (χ0) is 20.1. The van der Waals surface area contributed by atoms with Crippen LogP contribution in [0.1, 0.15) is 12.6 Å². The fraction of sp³-hybridized carbons (Fsp3) is 0.368. The van der Waals surface area contributed by atoms with Gasteiger partial charge in [-0.2, -0.15) is 13.2 Å². The summed E-state index contributed by atoms with van der Waals surface area (Å²) in [6.45, 7) is 2.85. The Morgan fingerprint density at radius 3 is 2.36 bits per heavy atom. The van der Waals surface area contributed by atoms with E-state index in [2.05, 4.69) is 4.98 Å². The number of amides is 1. The molecule has 9 heteroatoms. The molecule has 1 fully saturated rings. The largest absolute Gasteiger partial charge is 0.494 e. The first-order valence-electron chi connectivity index (χ1n) is 8.69. The highest BCUT2D eigenvalue weighted by molar-refractivity contribution is 5.78. The zero-order valence-corrected chi connectivity index (χ0v) is 15.1. The summed E-state index contributed by atoms with van der Waals surface area (Å²) in [5, 5.41) is 0. The molecule has 0 unspecified atom stereocenters. The molecule has 1 aliphatic heterocycles. The number of alkyl halides is 3. The Hall–Kier alpha value is -2.97. The highest BCUT2D eigenvalue weighted by atomic mass is 19.4. The van der Waals surface area contributed by atoms with Crippen molar-refractivity contribution in [3.63, 3.8) is 0 Å². The lowest BCUT2D eigenvalue weighted by molar-refractivity contribution is -0.143. The second kappa shape index (κ2) is 8.37. The molecule has 3 rings (SSSR count). The minimum absolute atomic E-state index is 0.113. The third kappa shape index (κ3) is 5.05. The van der Waals surface area contributed by atoms with Gasteiger partial charge in [-0.3, -0.25) is 4.79 Å². The number of carbonyl (C=O) groups excluding carboxylic acids is 1. The van der Waals surface area contributed by atoms with E-state index in [-0.39, 0.29) is 31.5 Å². The highest BCUT2D eigenvalue weighted by Gasteiger charge is 2.35. The van der Waals surface area contributed by atoms with Crippen LogP contribution < -0.4 is 14.2 Å². The van der Waals surface area contributed by atoms with Gasteiger partial charge in [0.2, 0.25) is 5.88 Å². The molecule has 1 aromatic heterocycles. The molecule has 0 aliphatic carbocycles. The molecular weight excluding hydrogens is 377 g/mol. The molecule has 0 N–H and O–H groups in total. The average Bonchev–Trinajstić information content (AvgIpc) is 2.63. The fourth-order valence-corrected chi connectivity index (χ4v) is 2.56. The topological polar surface area (TPSA) is 60.9 Å². The number of likely N-dealkylation sites (tertiary alicyclic amines) is 1. The third-order valence-corrected chi connectivity index (χ3v) is 4.00. The predicted molar refractivity (Wildman–Crippen MR) is 93.3 cm³/mol. The Balaban J connectivity index is 1.43. The lowest BCUT2D eigenvalue weighted by atomic mass is 10.1. The zero-order valence-electron chi connectivity index (χ0n) is 15.1. The quantitative estimate of drug-likeness (QED) is 0.720. The Morgan fingerprint density at radius 1 is 1.11 bits per heavy atom. The molecule has 150 valence electrons. The molecule has 1 aromatic carbocycles. The van der Waals surface area contributed by atoms with Crippen LogP contribution in [0.5, 0.6) is 17.4 Å². The standard InChI is InChI=1S/C19H19F3N2O4/c1-2-26-13-6-8-14(9-7-13)27-12-18(25)24-10-15(11-24)28-17-5-3-4-16(23-17)19(20,21)22/h3-9,15H,2,10-12H2,1H3. The Labute approximate surface area is 159 Å². The van der Waals surface area contributed by atoms with Gasteiger partial charge in [0.05, 0.1) is 19.7 Å². The van der Waals surface area contributed by atoms with Crippen molar-refractivity contribution in [2.75, 3.05) is 26.3 Å². The number of hydrogen-bond donors (Lipinski definition) is 0. The van der Waals surface area contributed by atoms with Crippen molar-refractivity contribution in [3.8, 4) is 17.4 Å². The predicted octanol–water partition coefficient (Wildman–Crippen LogP) is 3.17. The summed E-state index contributed by atoms with van der Waals surface area (Å²) in [5.41, 5.74) is -1.01. The van der Waals surface area contributed by atoms with Gasteiger partial charge in [-0.1, -0.05) is 6.07 Å². The summed E-state index contributed by atoms with van der Waals surface area (Å²) in [6.07, 6.45) is -4.93. The second-order valence-electron chi connectivity index (χ2n) is 6.09. The molecule has 6 nitrogen and oxygen atoms in total. The van der Waals surface area contributed by atoms with Gasteiger partial charge in [0.1, 0.15) is 23.3 Å². The van der Waals surface area contributed by atoms with Crippen molar-refractivity contribution in [2.45, 2.75) is 19.2 Å². The molecule has 28 heavy (non-hydrogen) atoms. The molecule has 0 spiro atoms. The van der Waals surface area contributed by atoms with Crippen LogP contribution in [0.4, 0.5) is 13.2 Å². The number of rotatable bonds is 7. The van der Waals surface area contributed by atoms with E-state index >= 15 is 0 Å². The van der Waals surface area contributed by atoms with Crippen molar-refractivity contribution in [1.82, 2.24) is 9.88 Å². The lowest BCUT2D eigenvalue weighted by Gasteiger charge is -2.38. The molecule has 0 bridgehead atoms. The van der Waals surface area contributed by atoms with Gasteiger partial charge in [-0.15, -0.1) is 0 Å². The van der Waals surface area contributed by atoms with E-state index in [1.54, 1.807) is 24.3 Å². The molecule has 1 saturated heterocycles. The van der Waals surface area contributed by atoms with E-state index in [1.165, 1.54) is 17.0 Å². The van der Waals surface area contributed by atoms with E-state index in [9.17, 15) is 18.0 Å². The van der Waals surface area contributed by atoms with Crippen LogP contribution in [-0.4, -0.2) is 48.2 Å². The molecule has 0 saturated carbocycles. The van der Waals surface area contributed by atoms with Gasteiger partial charge >= 0.3 is 6.18 Å². The van der Waals surface area contributed by atoms with Crippen LogP contribution in [0.3, 0.4) is 0 Å². The summed E-state index contributed by atoms with van der Waals surface area (Å²) >= 11 is 0. The number of aromatic nitrogens is 1. The summed E-state index contributed by atoms with van der Waals surface area (Å²) in [6, 6.07) is 10.4. The van der Waals surface area contributed by atoms with Crippen LogP contribution in [0.15, 0.2) is 42.5 Å². The molecule has 1 aliphatic rings. The van der Waals surface area contributed by atoms with Crippen LogP contribution >= 0.6 is 0 Å². The number of hydrogen-bond acceptors (Lipinski definition) is 5. The molecule has 2 heterocycles. The summed E-state index contributed by atoms with van der Waals surface area (Å²) < 4.78 is 54.2. The van der Waals surface area contributed by atoms with Crippen molar-refractivity contribution in [2.24, 2.45) is 0 Å². The minimum atomic E-state index is -4.53. The van der Waals surface area contributed by atoms with E-state index in [0.717, 1.165) is 6.07 Å². The normalized spacial score (nSPS) is 14.4. The molecule has 1 amide bonds. The SMILES string of the molecule is CCOc1ccc(OCC(=O)N2CC(Oc3cccc(C(F)(F)F)n3)C2)cc1. The van der Waals surface area contributed by atoms with Gasteiger partial charge in [0, 0.05) is 6.07 Å². The summed E-state index contributed by atoms with van der Waals surface area (Å²) in [4.78, 5) is 17.1. The first-order chi connectivity index (χ1) is 13.3. The Kier molecular flexibility index (Phi) is 5.91. The monoisotopic (exact) mass is 396 g/mol. The van der Waals surface area contributed by atoms with Crippen LogP contribution in [-0.2, 0) is 11.0 Å². The number of nitrogens with zero attached hydrogens (tertiary/aromatic N) is 2. The van der Waals surface area contributed by atoms with Crippen molar-refractivity contribution >= 4 is 5.91 Å². The highest BCUT2D eigenvalue weighted by Crippen LogP contribution is 2.29. The second-order valence-corrected chi connectivity index (χ2v) is 6.09. The van der Waals surface area contributed by atoms with Gasteiger partial charge in [-0.25, -0.2) is 4.98 Å². The molecule has 0 atom stereocenters. The Bertz CT molecular complexity index is 806. The van der Waals surface area contributed by atoms with E-state index in [0.29, 0.717) is 18.1 Å². The van der Waals surface area contributed by atoms with Gasteiger partial charge in [0.15, 0.2) is 6.61 Å². The van der Waals surface area contributed by atoms with E-state index in [1.807, 2.05) is 6.92 Å². The van der Waals surface area contributed by atoms with E-state index in [4.69, 9.17) is 14.2 Å². The van der Waals surface area contributed by atoms with Gasteiger partial charge < -0.3 is 19.1 Å². The first-order valence-corrected chi connectivity index (χ1v) is 8.69. The van der Waals surface area contributed by atoms with E-state index < -0.39 is 18.0 Å². The molecule has 2 aromatic rings. The summed E-state index contributed by atoms with van der Waals surface area (Å²) in [5.74, 6) is 0.911. The third-order valence-electron chi connectivity index (χ3n) is 4.00. The van der Waals surface area contributed by atoms with Crippen molar-refractivity contribution < 1.29 is 32.2 Å². The Morgan fingerprint density at radius 2 is 1.75 bits per heavy atom.